The van der Waals surface area contributed by atoms with Crippen molar-refractivity contribution in [2.75, 3.05) is 0 Å². The molecule has 0 bridgehead atoms. The van der Waals surface area contributed by atoms with Gasteiger partial charge in [-0.25, -0.2) is 8.42 Å². The molecule has 0 heterocycles. The topological polar surface area (TPSA) is 34.1 Å². The Kier molecular flexibility index (Phi) is 7.82. The Hall–Kier alpha value is -1.32. The monoisotopic (exact) mass is 474 g/mol. The standard InChI is InChI=1S/C28H39ClO2S/c1-21(2)19-25(28(17-6-18-28)24-13-15-26(29)16-14-24)12-11-22-7-9-23(10-8-22)20-32(30,31)27(3,4)5/h7-10,13-16,21,25H,6,11-12,17-20H2,1-5H3. The van der Waals surface area contributed by atoms with E-state index in [9.17, 15) is 8.42 Å². The van der Waals surface area contributed by atoms with E-state index in [1.54, 1.807) is 20.8 Å². The molecule has 0 N–H and O–H groups in total. The smallest absolute Gasteiger partial charge is 0.159 e. The summed E-state index contributed by atoms with van der Waals surface area (Å²) >= 11 is 6.17. The summed E-state index contributed by atoms with van der Waals surface area (Å²) < 4.78 is 24.3. The Morgan fingerprint density at radius 3 is 1.97 bits per heavy atom. The number of aryl methyl sites for hydroxylation is 1. The van der Waals surface area contributed by atoms with Gasteiger partial charge in [-0.1, -0.05) is 68.3 Å². The number of rotatable bonds is 9. The van der Waals surface area contributed by atoms with Gasteiger partial charge in [0, 0.05) is 5.02 Å². The first kappa shape index (κ1) is 25.3. The molecule has 0 radical (unpaired) electrons. The van der Waals surface area contributed by atoms with Crippen molar-refractivity contribution in [3.05, 3.63) is 70.2 Å². The number of halogens is 1. The van der Waals surface area contributed by atoms with E-state index in [-0.39, 0.29) is 11.2 Å². The van der Waals surface area contributed by atoms with Crippen molar-refractivity contribution in [3.63, 3.8) is 0 Å². The molecule has 1 fully saturated rings. The van der Waals surface area contributed by atoms with Crippen LogP contribution in [-0.2, 0) is 27.4 Å². The van der Waals surface area contributed by atoms with E-state index in [1.807, 2.05) is 24.3 Å². The van der Waals surface area contributed by atoms with Gasteiger partial charge in [-0.2, -0.15) is 0 Å². The lowest BCUT2D eigenvalue weighted by atomic mass is 9.55. The minimum atomic E-state index is -3.16. The van der Waals surface area contributed by atoms with Crippen LogP contribution in [0.25, 0.3) is 0 Å². The lowest BCUT2D eigenvalue weighted by Crippen LogP contribution is -2.42. The Balaban J connectivity index is 1.73. The van der Waals surface area contributed by atoms with Crippen molar-refractivity contribution in [3.8, 4) is 0 Å². The zero-order valence-corrected chi connectivity index (χ0v) is 21.9. The van der Waals surface area contributed by atoms with Gasteiger partial charge in [0.2, 0.25) is 0 Å². The summed E-state index contributed by atoms with van der Waals surface area (Å²) in [5, 5.41) is 0.803. The average Bonchev–Trinajstić information content (AvgIpc) is 2.66. The quantitative estimate of drug-likeness (QED) is 0.372. The Bertz CT molecular complexity index is 979. The number of sulfone groups is 1. The average molecular weight is 475 g/mol. The molecule has 176 valence electrons. The highest BCUT2D eigenvalue weighted by Crippen LogP contribution is 2.52. The highest BCUT2D eigenvalue weighted by atomic mass is 35.5. The van der Waals surface area contributed by atoms with E-state index >= 15 is 0 Å². The third-order valence-corrected chi connectivity index (χ3v) is 10.1. The summed E-state index contributed by atoms with van der Waals surface area (Å²) in [4.78, 5) is 0. The largest absolute Gasteiger partial charge is 0.228 e. The van der Waals surface area contributed by atoms with Gasteiger partial charge in [-0.3, -0.25) is 0 Å². The van der Waals surface area contributed by atoms with E-state index < -0.39 is 14.6 Å². The van der Waals surface area contributed by atoms with E-state index in [1.165, 1.54) is 36.8 Å². The van der Waals surface area contributed by atoms with Crippen LogP contribution in [0, 0.1) is 11.8 Å². The summed E-state index contributed by atoms with van der Waals surface area (Å²) in [7, 11) is -3.16. The fourth-order valence-electron chi connectivity index (χ4n) is 5.04. The summed E-state index contributed by atoms with van der Waals surface area (Å²) in [5.74, 6) is 1.40. The minimum Gasteiger partial charge on any atom is -0.228 e. The maximum atomic E-state index is 12.5. The Labute approximate surface area is 200 Å². The second-order valence-corrected chi connectivity index (χ2v) is 14.2. The third-order valence-electron chi connectivity index (χ3n) is 7.30. The number of benzene rings is 2. The molecular weight excluding hydrogens is 436 g/mol. The van der Waals surface area contributed by atoms with E-state index in [4.69, 9.17) is 11.6 Å². The minimum absolute atomic E-state index is 0.104. The summed E-state index contributed by atoms with van der Waals surface area (Å²) in [6, 6.07) is 16.8. The van der Waals surface area contributed by atoms with Gasteiger partial charge < -0.3 is 0 Å². The molecule has 1 saturated carbocycles. The molecular formula is C28H39ClO2S. The van der Waals surface area contributed by atoms with Gasteiger partial charge in [0.25, 0.3) is 0 Å². The molecule has 4 heteroatoms. The first-order chi connectivity index (χ1) is 14.9. The van der Waals surface area contributed by atoms with Gasteiger partial charge in [-0.05, 0) is 98.9 Å². The second-order valence-electron chi connectivity index (χ2n) is 11.1. The van der Waals surface area contributed by atoms with Crippen LogP contribution in [0.2, 0.25) is 5.02 Å². The summed E-state index contributed by atoms with van der Waals surface area (Å²) in [5.41, 5.74) is 3.89. The molecule has 2 aromatic carbocycles. The first-order valence-corrected chi connectivity index (χ1v) is 14.0. The number of hydrogen-bond acceptors (Lipinski definition) is 2. The molecule has 32 heavy (non-hydrogen) atoms. The SMILES string of the molecule is CC(C)CC(CCc1ccc(CS(=O)(=O)C(C)(C)C)cc1)C1(c2ccc(Cl)cc2)CCC1. The van der Waals surface area contributed by atoms with Crippen LogP contribution in [0.3, 0.4) is 0 Å². The highest BCUT2D eigenvalue weighted by molar-refractivity contribution is 7.91. The van der Waals surface area contributed by atoms with Gasteiger partial charge >= 0.3 is 0 Å². The van der Waals surface area contributed by atoms with Crippen LogP contribution >= 0.6 is 11.6 Å². The predicted molar refractivity (Wildman–Crippen MR) is 137 cm³/mol. The molecule has 1 aliphatic carbocycles. The molecule has 1 unspecified atom stereocenters. The van der Waals surface area contributed by atoms with Gasteiger partial charge in [-0.15, -0.1) is 0 Å². The van der Waals surface area contributed by atoms with Gasteiger partial charge in [0.1, 0.15) is 0 Å². The molecule has 0 aliphatic heterocycles. The van der Waals surface area contributed by atoms with Gasteiger partial charge in [0.05, 0.1) is 10.5 Å². The lowest BCUT2D eigenvalue weighted by Gasteiger charge is -2.49. The van der Waals surface area contributed by atoms with Crippen LogP contribution in [0.5, 0.6) is 0 Å². The van der Waals surface area contributed by atoms with Crippen LogP contribution in [-0.4, -0.2) is 13.2 Å². The lowest BCUT2D eigenvalue weighted by molar-refractivity contribution is 0.117. The molecule has 2 nitrogen and oxygen atoms in total. The normalized spacial score (nSPS) is 17.2. The van der Waals surface area contributed by atoms with E-state index in [0.29, 0.717) is 11.8 Å². The van der Waals surface area contributed by atoms with Crippen molar-refractivity contribution in [2.45, 2.75) is 89.1 Å². The molecule has 2 aromatic rings. The fraction of sp³-hybridized carbons (Fsp3) is 0.571. The second kappa shape index (κ2) is 9.89. The number of hydrogen-bond donors (Lipinski definition) is 0. The maximum absolute atomic E-state index is 12.5. The van der Waals surface area contributed by atoms with Crippen molar-refractivity contribution in [2.24, 2.45) is 11.8 Å². The first-order valence-electron chi connectivity index (χ1n) is 12.0. The molecule has 0 saturated heterocycles. The van der Waals surface area contributed by atoms with E-state index in [2.05, 4.69) is 38.1 Å². The van der Waals surface area contributed by atoms with Crippen LogP contribution in [0.15, 0.2) is 48.5 Å². The molecule has 0 aromatic heterocycles. The molecule has 1 aliphatic rings. The molecule has 3 rings (SSSR count). The Morgan fingerprint density at radius 2 is 1.50 bits per heavy atom. The van der Waals surface area contributed by atoms with Gasteiger partial charge in [0.15, 0.2) is 9.84 Å². The zero-order chi connectivity index (χ0) is 23.6. The van der Waals surface area contributed by atoms with Crippen LogP contribution in [0.4, 0.5) is 0 Å². The summed E-state index contributed by atoms with van der Waals surface area (Å²) in [6.07, 6.45) is 7.23. The van der Waals surface area contributed by atoms with Crippen molar-refractivity contribution in [1.82, 2.24) is 0 Å². The zero-order valence-electron chi connectivity index (χ0n) is 20.3. The van der Waals surface area contributed by atoms with Crippen LogP contribution in [0.1, 0.15) is 83.4 Å². The highest BCUT2D eigenvalue weighted by Gasteiger charge is 2.44. The van der Waals surface area contributed by atoms with Crippen molar-refractivity contribution >= 4 is 21.4 Å². The third kappa shape index (κ3) is 5.78. The maximum Gasteiger partial charge on any atom is 0.159 e. The van der Waals surface area contributed by atoms with Crippen molar-refractivity contribution in [1.29, 1.82) is 0 Å². The predicted octanol–water partition coefficient (Wildman–Crippen LogP) is 7.77. The molecule has 0 amide bonds. The molecule has 0 spiro atoms. The fourth-order valence-corrected chi connectivity index (χ4v) is 6.23. The van der Waals surface area contributed by atoms with Crippen LogP contribution < -0.4 is 0 Å². The van der Waals surface area contributed by atoms with Crippen molar-refractivity contribution < 1.29 is 8.42 Å². The Morgan fingerprint density at radius 1 is 0.938 bits per heavy atom. The molecule has 1 atom stereocenters. The van der Waals surface area contributed by atoms with E-state index in [0.717, 1.165) is 23.4 Å². The summed E-state index contributed by atoms with van der Waals surface area (Å²) in [6.45, 7) is 9.95.